The van der Waals surface area contributed by atoms with Crippen LogP contribution in [0.5, 0.6) is 0 Å². The third-order valence-corrected chi connectivity index (χ3v) is 14.1. The van der Waals surface area contributed by atoms with Crippen LogP contribution in [0.15, 0.2) is 36.0 Å². The highest BCUT2D eigenvalue weighted by atomic mass is 16.5. The number of fused-ring (bicyclic) bond motifs is 3. The van der Waals surface area contributed by atoms with Gasteiger partial charge >= 0.3 is 0 Å². The summed E-state index contributed by atoms with van der Waals surface area (Å²) in [6, 6.07) is -0.865. The van der Waals surface area contributed by atoms with E-state index in [1.165, 1.54) is 4.90 Å². The minimum absolute atomic E-state index is 0.00120. The Morgan fingerprint density at radius 2 is 1.54 bits per heavy atom. The molecule has 3 N–H and O–H groups in total. The van der Waals surface area contributed by atoms with E-state index in [0.29, 0.717) is 57.8 Å². The van der Waals surface area contributed by atoms with Crippen molar-refractivity contribution in [2.45, 2.75) is 160 Å². The van der Waals surface area contributed by atoms with Crippen LogP contribution in [0.25, 0.3) is 0 Å². The predicted molar refractivity (Wildman–Crippen MR) is 219 cm³/mol. The van der Waals surface area contributed by atoms with Crippen molar-refractivity contribution in [1.29, 1.82) is 0 Å². The van der Waals surface area contributed by atoms with E-state index in [4.69, 9.17) is 14.2 Å². The summed E-state index contributed by atoms with van der Waals surface area (Å²) >= 11 is 0. The first-order valence-corrected chi connectivity index (χ1v) is 21.5. The molecular formula is C46H73NO10. The first-order valence-electron chi connectivity index (χ1n) is 21.5. The summed E-state index contributed by atoms with van der Waals surface area (Å²) in [5, 5.41) is 34.5. The Balaban J connectivity index is 1.78. The number of ketones is 3. The Kier molecular flexibility index (Phi) is 17.5. The van der Waals surface area contributed by atoms with Gasteiger partial charge < -0.3 is 34.4 Å². The summed E-state index contributed by atoms with van der Waals surface area (Å²) in [6.07, 6.45) is 8.85. The monoisotopic (exact) mass is 800 g/mol. The Bertz CT molecular complexity index is 1470. The van der Waals surface area contributed by atoms with E-state index < -0.39 is 59.2 Å². The molecule has 3 fully saturated rings. The van der Waals surface area contributed by atoms with Crippen molar-refractivity contribution >= 4 is 23.3 Å². The molecular weight excluding hydrogens is 727 g/mol. The van der Waals surface area contributed by atoms with Gasteiger partial charge in [-0.2, -0.15) is 0 Å². The van der Waals surface area contributed by atoms with Gasteiger partial charge in [-0.05, 0) is 114 Å². The number of hydrogen-bond donors (Lipinski definition) is 3. The average molecular weight is 800 g/mol. The summed E-state index contributed by atoms with van der Waals surface area (Å²) in [5.41, 5.74) is -0.0522. The first kappa shape index (κ1) is 47.1. The average Bonchev–Trinajstić information content (AvgIpc) is 3.18. The lowest BCUT2D eigenvalue weighted by Gasteiger charge is -2.47. The number of allylic oxidation sites excluding steroid dienone is 5. The van der Waals surface area contributed by atoms with Crippen molar-refractivity contribution < 1.29 is 48.7 Å². The highest BCUT2D eigenvalue weighted by Gasteiger charge is 2.55. The lowest BCUT2D eigenvalue weighted by Crippen LogP contribution is -2.61. The Morgan fingerprint density at radius 3 is 2.19 bits per heavy atom. The van der Waals surface area contributed by atoms with E-state index >= 15 is 0 Å². The highest BCUT2D eigenvalue weighted by Crippen LogP contribution is 2.44. The molecule has 0 radical (unpaired) electrons. The van der Waals surface area contributed by atoms with Crippen LogP contribution < -0.4 is 0 Å². The van der Waals surface area contributed by atoms with Gasteiger partial charge in [0, 0.05) is 52.6 Å². The van der Waals surface area contributed by atoms with Crippen LogP contribution >= 0.6 is 0 Å². The molecule has 0 aromatic carbocycles. The molecule has 11 nitrogen and oxygen atoms in total. The van der Waals surface area contributed by atoms with Crippen molar-refractivity contribution in [3.8, 4) is 0 Å². The minimum Gasteiger partial charge on any atom is -0.392 e. The molecule has 0 spiro atoms. The van der Waals surface area contributed by atoms with Crippen LogP contribution in [0.3, 0.4) is 0 Å². The fourth-order valence-electron chi connectivity index (χ4n) is 10.5. The van der Waals surface area contributed by atoms with E-state index in [9.17, 15) is 34.5 Å². The zero-order valence-electron chi connectivity index (χ0n) is 36.0. The molecule has 57 heavy (non-hydrogen) atoms. The standard InChI is InChI=1S/C46H73NO10/c1-10-13-33-19-27(2)18-28(3)20-41(55-7)35-26-46(54,30(5)22-42(35)56-8)44(52)45(53)47-17-12-11-14-36(47)40(51)24-34(31(6)38(49)25-39(33)50)29(4)21-32-15-16-37(48)43(23-32)57-9/h10,19,21,28,30-38,41-43,48-49,54H,1,11-18,20,22-26H2,2-9H3/b27-19+,29-21+/t28-,30+,31-,32?,33+,34+,35+,36-,37+,38-,41-,42-,43+,46-/m0/s1. The van der Waals surface area contributed by atoms with Crippen LogP contribution in [0.1, 0.15) is 118 Å². The van der Waals surface area contributed by atoms with E-state index in [1.807, 2.05) is 26.8 Å². The number of nitrogens with zero attached hydrogens (tertiary/aromatic N) is 1. The van der Waals surface area contributed by atoms with Gasteiger partial charge in [0.1, 0.15) is 11.4 Å². The molecule has 4 aliphatic rings. The zero-order chi connectivity index (χ0) is 42.2. The molecule has 2 bridgehead atoms. The maximum absolute atomic E-state index is 14.6. The number of Topliss-reactive ketones (excluding diaryl/α,β-unsaturated/α-hetero) is 3. The zero-order valence-corrected chi connectivity index (χ0v) is 36.0. The van der Waals surface area contributed by atoms with Gasteiger partial charge in [0.05, 0.1) is 36.6 Å². The SMILES string of the molecule is C=CC[C@@H]1/C=C(\C)C[C@H](C)C[C@H](OC)[C@H]2C[C@@](O)(C(=O)C(=O)N3CCCC[C@H]3C(=O)C[C@H](/C(C)=C/C3CC[C@@H](O)[C@H](OC)C3)[C@H](C)[C@@H](O)CC1=O)[C@H](C)C[C@@H]2OC. The Labute approximate surface area is 341 Å². The number of hydrogen-bond acceptors (Lipinski definition) is 10. The third kappa shape index (κ3) is 11.4. The van der Waals surface area contributed by atoms with Gasteiger partial charge in [0.25, 0.3) is 11.7 Å². The smallest absolute Gasteiger partial charge is 0.293 e. The predicted octanol–water partition coefficient (Wildman–Crippen LogP) is 5.97. The second kappa shape index (κ2) is 21.1. The fraction of sp³-hybridized carbons (Fsp3) is 0.783. The highest BCUT2D eigenvalue weighted by molar-refractivity contribution is 6.39. The number of ether oxygens (including phenoxy) is 3. The summed E-state index contributed by atoms with van der Waals surface area (Å²) in [7, 11) is 4.83. The normalized spacial score (nSPS) is 41.1. The second-order valence-corrected chi connectivity index (χ2v) is 18.2. The molecule has 1 amide bonds. The lowest BCUT2D eigenvalue weighted by atomic mass is 9.65. The number of piperidine rings is 1. The third-order valence-electron chi connectivity index (χ3n) is 14.1. The molecule has 11 heteroatoms. The van der Waals surface area contributed by atoms with Gasteiger partial charge in [-0.25, -0.2) is 0 Å². The first-order chi connectivity index (χ1) is 27.0. The molecule has 2 aliphatic heterocycles. The largest absolute Gasteiger partial charge is 0.392 e. The van der Waals surface area contributed by atoms with Gasteiger partial charge in [-0.3, -0.25) is 19.2 Å². The molecule has 2 aliphatic carbocycles. The number of carbonyl (C=O) groups is 4. The van der Waals surface area contributed by atoms with Crippen LogP contribution in [0.2, 0.25) is 0 Å². The van der Waals surface area contributed by atoms with Crippen molar-refractivity contribution in [2.24, 2.45) is 41.4 Å². The molecule has 0 aromatic heterocycles. The minimum atomic E-state index is -1.97. The van der Waals surface area contributed by atoms with Crippen molar-refractivity contribution in [3.05, 3.63) is 36.0 Å². The maximum atomic E-state index is 14.6. The Hall–Kier alpha value is -2.54. The van der Waals surface area contributed by atoms with Crippen molar-refractivity contribution in [3.63, 3.8) is 0 Å². The van der Waals surface area contributed by atoms with E-state index in [2.05, 4.69) is 19.6 Å². The van der Waals surface area contributed by atoms with Crippen molar-refractivity contribution in [2.75, 3.05) is 27.9 Å². The summed E-state index contributed by atoms with van der Waals surface area (Å²) in [6.45, 7) is 13.8. The second-order valence-electron chi connectivity index (χ2n) is 18.2. The van der Waals surface area contributed by atoms with Gasteiger partial charge in [-0.1, -0.05) is 50.1 Å². The number of rotatable bonds is 7. The quantitative estimate of drug-likeness (QED) is 0.207. The van der Waals surface area contributed by atoms with Crippen LogP contribution in [-0.2, 0) is 33.4 Å². The summed E-state index contributed by atoms with van der Waals surface area (Å²) in [5.74, 6) is -4.24. The maximum Gasteiger partial charge on any atom is 0.293 e. The number of aliphatic hydroxyl groups is 3. The number of amides is 1. The lowest BCUT2D eigenvalue weighted by molar-refractivity contribution is -0.176. The number of methoxy groups -OCH3 is 3. The van der Waals surface area contributed by atoms with Gasteiger partial charge in [0.2, 0.25) is 0 Å². The van der Waals surface area contributed by atoms with Gasteiger partial charge in [-0.15, -0.1) is 6.58 Å². The molecule has 1 unspecified atom stereocenters. The van der Waals surface area contributed by atoms with Crippen LogP contribution in [-0.4, -0.2) is 114 Å². The molecule has 4 rings (SSSR count). The van der Waals surface area contributed by atoms with Crippen LogP contribution in [0, 0.1) is 41.4 Å². The van der Waals surface area contributed by atoms with Crippen molar-refractivity contribution in [1.82, 2.24) is 4.90 Å². The van der Waals surface area contributed by atoms with Crippen LogP contribution in [0.4, 0.5) is 0 Å². The molecule has 14 atom stereocenters. The molecule has 2 saturated carbocycles. The van der Waals surface area contributed by atoms with Gasteiger partial charge in [0.15, 0.2) is 5.78 Å². The summed E-state index contributed by atoms with van der Waals surface area (Å²) < 4.78 is 17.6. The fourth-order valence-corrected chi connectivity index (χ4v) is 10.5. The Morgan fingerprint density at radius 1 is 0.877 bits per heavy atom. The van der Waals surface area contributed by atoms with E-state index in [-0.39, 0.29) is 73.4 Å². The molecule has 2 heterocycles. The summed E-state index contributed by atoms with van der Waals surface area (Å²) in [4.78, 5) is 58.6. The molecule has 322 valence electrons. The number of aliphatic hydroxyl groups excluding tert-OH is 2. The number of carbonyl (C=O) groups excluding carboxylic acids is 4. The van der Waals surface area contributed by atoms with E-state index in [0.717, 1.165) is 17.6 Å². The molecule has 0 aromatic rings. The van der Waals surface area contributed by atoms with E-state index in [1.54, 1.807) is 34.3 Å². The molecule has 1 saturated heterocycles. The topological polar surface area (TPSA) is 160 Å².